The maximum atomic E-state index is 6.25. The van der Waals surface area contributed by atoms with E-state index in [1.807, 2.05) is 0 Å². The molecule has 0 spiro atoms. The van der Waals surface area contributed by atoms with Gasteiger partial charge in [0.2, 0.25) is 0 Å². The van der Waals surface area contributed by atoms with Crippen molar-refractivity contribution in [1.29, 1.82) is 21.0 Å². The van der Waals surface area contributed by atoms with Crippen molar-refractivity contribution in [1.82, 2.24) is 0 Å². The van der Waals surface area contributed by atoms with Gasteiger partial charge in [-0.2, -0.15) is 0 Å². The van der Waals surface area contributed by atoms with Gasteiger partial charge in [-0.3, -0.25) is 0 Å². The molecule has 7 heteroatoms. The Morgan fingerprint density at radius 3 is 0.545 bits per heavy atom. The van der Waals surface area contributed by atoms with Gasteiger partial charge in [0.15, 0.2) is 0 Å². The van der Waals surface area contributed by atoms with E-state index in [0.29, 0.717) is 0 Å². The van der Waals surface area contributed by atoms with Crippen LogP contribution >= 0.6 is 0 Å². The fourth-order valence-electron chi connectivity index (χ4n) is 0. The molecule has 0 saturated carbocycles. The van der Waals surface area contributed by atoms with Crippen LogP contribution in [0.1, 0.15) is 0 Å². The van der Waals surface area contributed by atoms with Crippen LogP contribution in [0, 0.1) is 47.3 Å². The average molecular weight is 190 g/mol. The molecule has 11 heavy (non-hydrogen) atoms. The van der Waals surface area contributed by atoms with E-state index in [9.17, 15) is 0 Å². The average Bonchev–Trinajstić information content (AvgIpc) is 2.03. The SMILES string of the molecule is [C-]#N.[C-]#N.[C-]#N.[C-]#N.[Fe+2].[Li+].[Na+]. The molecule has 4 nitrogen and oxygen atoms in total. The summed E-state index contributed by atoms with van der Waals surface area (Å²) >= 11 is 0. The van der Waals surface area contributed by atoms with Gasteiger partial charge in [0.25, 0.3) is 0 Å². The Labute approximate surface area is 112 Å². The van der Waals surface area contributed by atoms with Crippen LogP contribution in [0.25, 0.3) is 0 Å². The third-order valence-corrected chi connectivity index (χ3v) is 0. The van der Waals surface area contributed by atoms with Crippen LogP contribution in [0.15, 0.2) is 0 Å². The van der Waals surface area contributed by atoms with Crippen molar-refractivity contribution in [2.45, 2.75) is 0 Å². The van der Waals surface area contributed by atoms with Gasteiger partial charge >= 0.3 is 65.5 Å². The van der Waals surface area contributed by atoms with Crippen molar-refractivity contribution >= 4 is 0 Å². The molecule has 0 fully saturated rings. The van der Waals surface area contributed by atoms with Gasteiger partial charge in [-0.05, 0) is 0 Å². The van der Waals surface area contributed by atoms with Gasteiger partial charge in [0.05, 0.1) is 0 Å². The van der Waals surface area contributed by atoms with Crippen LogP contribution in [-0.2, 0) is 17.1 Å². The summed E-state index contributed by atoms with van der Waals surface area (Å²) in [5, 5.41) is 25.0. The molecule has 46 valence electrons. The van der Waals surface area contributed by atoms with Crippen LogP contribution in [0.5, 0.6) is 0 Å². The molecule has 0 radical (unpaired) electrons. The second-order valence-corrected chi connectivity index (χ2v) is 0. The summed E-state index contributed by atoms with van der Waals surface area (Å²) in [6.45, 7) is 19.0. The van der Waals surface area contributed by atoms with Crippen LogP contribution in [0.3, 0.4) is 0 Å². The second-order valence-electron chi connectivity index (χ2n) is 0. The Balaban J connectivity index is -0.00000000356. The molecular weight excluding hydrogens is 190 g/mol. The predicted molar refractivity (Wildman–Crippen MR) is 19.9 cm³/mol. The molecule has 0 bridgehead atoms. The van der Waals surface area contributed by atoms with Gasteiger partial charge in [-0.25, -0.2) is 0 Å². The van der Waals surface area contributed by atoms with E-state index in [1.165, 1.54) is 0 Å². The van der Waals surface area contributed by atoms with E-state index in [1.54, 1.807) is 0 Å². The zero-order valence-electron chi connectivity index (χ0n) is 6.14. The topological polar surface area (TPSA) is 95.2 Å². The van der Waals surface area contributed by atoms with Gasteiger partial charge in [-0.1, -0.05) is 0 Å². The van der Waals surface area contributed by atoms with E-state index < -0.39 is 0 Å². The van der Waals surface area contributed by atoms with Crippen LogP contribution in [0.2, 0.25) is 0 Å². The minimum atomic E-state index is 0. The predicted octanol–water partition coefficient (Wildman–Crippen LogP) is -5.61. The molecule has 0 aromatic heterocycles. The first-order valence-electron chi connectivity index (χ1n) is 0.894. The Morgan fingerprint density at radius 2 is 0.545 bits per heavy atom. The Bertz CT molecular complexity index is 65.1. The zero-order chi connectivity index (χ0) is 8.00. The van der Waals surface area contributed by atoms with Crippen molar-refractivity contribution in [3.8, 4) is 0 Å². The molecule has 0 aliphatic heterocycles. The van der Waals surface area contributed by atoms with Gasteiger partial charge in [-0.15, -0.1) is 0 Å². The largest absolute Gasteiger partial charge is 2.00 e. The summed E-state index contributed by atoms with van der Waals surface area (Å²) in [6.07, 6.45) is 0. The number of rotatable bonds is 0. The first-order chi connectivity index (χ1) is 4.00. The van der Waals surface area contributed by atoms with Crippen molar-refractivity contribution < 1.29 is 65.5 Å². The minimum Gasteiger partial charge on any atom is -0.512 e. The Hall–Kier alpha value is 0.0769. The molecular formula is C4FeLiN4Na. The monoisotopic (exact) mass is 190 g/mol. The number of hydrogen-bond acceptors (Lipinski definition) is 4. The van der Waals surface area contributed by atoms with E-state index in [4.69, 9.17) is 47.3 Å². The van der Waals surface area contributed by atoms with E-state index in [2.05, 4.69) is 0 Å². The summed E-state index contributed by atoms with van der Waals surface area (Å²) in [7, 11) is 0. The molecule has 0 atom stereocenters. The fourth-order valence-corrected chi connectivity index (χ4v) is 0. The van der Waals surface area contributed by atoms with Crippen molar-refractivity contribution in [2.75, 3.05) is 0 Å². The number of nitrogens with zero attached hydrogens (tertiary/aromatic N) is 4. The molecule has 0 amide bonds. The second kappa shape index (κ2) is 140000. The molecule has 0 heterocycles. The van der Waals surface area contributed by atoms with E-state index >= 15 is 0 Å². The van der Waals surface area contributed by atoms with Crippen molar-refractivity contribution in [3.05, 3.63) is 26.3 Å². The van der Waals surface area contributed by atoms with Crippen LogP contribution < -0.4 is 48.4 Å². The Morgan fingerprint density at radius 1 is 0.545 bits per heavy atom. The normalized spacial score (nSPS) is 0.727. The Kier molecular flexibility index (Phi) is 864000. The quantitative estimate of drug-likeness (QED) is 0.281. The summed E-state index contributed by atoms with van der Waals surface area (Å²) in [5.41, 5.74) is 0. The van der Waals surface area contributed by atoms with E-state index in [0.717, 1.165) is 0 Å². The maximum Gasteiger partial charge on any atom is 2.00 e. The van der Waals surface area contributed by atoms with Gasteiger partial charge in [0, 0.05) is 0 Å². The fraction of sp³-hybridized carbons (Fsp3) is 0. The van der Waals surface area contributed by atoms with Crippen molar-refractivity contribution in [3.63, 3.8) is 0 Å². The minimum absolute atomic E-state index is 0. The van der Waals surface area contributed by atoms with Gasteiger partial charge < -0.3 is 47.3 Å². The summed E-state index contributed by atoms with van der Waals surface area (Å²) in [6, 6.07) is 0. The van der Waals surface area contributed by atoms with Crippen LogP contribution in [-0.4, -0.2) is 0 Å². The standard InChI is InChI=1S/4CN.Fe.Li.Na/c4*1-2;;;/q4*-1;+2;2*+1. The molecule has 0 aromatic rings. The first kappa shape index (κ1) is 67.7. The summed E-state index contributed by atoms with van der Waals surface area (Å²) < 4.78 is 0. The molecule has 0 aromatic carbocycles. The summed E-state index contributed by atoms with van der Waals surface area (Å²) in [5.74, 6) is 0. The smallest absolute Gasteiger partial charge is 0.512 e. The third-order valence-electron chi connectivity index (χ3n) is 0. The summed E-state index contributed by atoms with van der Waals surface area (Å²) in [4.78, 5) is 0. The van der Waals surface area contributed by atoms with Crippen molar-refractivity contribution in [2.24, 2.45) is 0 Å². The zero-order valence-corrected chi connectivity index (χ0v) is 9.25. The molecule has 0 saturated heterocycles. The third kappa shape index (κ3) is 111000. The van der Waals surface area contributed by atoms with Gasteiger partial charge in [0.1, 0.15) is 0 Å². The number of hydrogen-bond donors (Lipinski definition) is 0. The first-order valence-corrected chi connectivity index (χ1v) is 0.894. The molecule has 0 unspecified atom stereocenters. The molecule has 0 rings (SSSR count). The van der Waals surface area contributed by atoms with Crippen LogP contribution in [0.4, 0.5) is 0 Å². The maximum absolute atomic E-state index is 6.25. The van der Waals surface area contributed by atoms with E-state index in [-0.39, 0.29) is 65.5 Å². The molecule has 0 N–H and O–H groups in total. The molecule has 0 aliphatic rings. The molecule has 0 aliphatic carbocycles.